The molecule has 0 amide bonds. The van der Waals surface area contributed by atoms with Gasteiger partial charge < -0.3 is 18.8 Å². The first kappa shape index (κ1) is 16.9. The van der Waals surface area contributed by atoms with Gasteiger partial charge in [-0.25, -0.2) is 0 Å². The summed E-state index contributed by atoms with van der Waals surface area (Å²) in [5.41, 5.74) is 0.737. The maximum Gasteiger partial charge on any atom is 1.00 e. The van der Waals surface area contributed by atoms with Gasteiger partial charge in [-0.1, -0.05) is 12.1 Å². The van der Waals surface area contributed by atoms with Gasteiger partial charge in [0.05, 0.1) is 0 Å². The fourth-order valence-corrected chi connectivity index (χ4v) is 2.17. The first-order valence-electron chi connectivity index (χ1n) is 5.78. The van der Waals surface area contributed by atoms with Crippen LogP contribution >= 0.6 is 0 Å². The number of nitrogens with zero attached hydrogens (tertiary/aromatic N) is 1. The number of hydrogen-bond acceptors (Lipinski definition) is 5. The maximum absolute atomic E-state index is 10.9. The molecule has 0 bridgehead atoms. The van der Waals surface area contributed by atoms with Crippen LogP contribution in [0.25, 0.3) is 0 Å². The second-order valence-corrected chi connectivity index (χ2v) is 5.12. The van der Waals surface area contributed by atoms with Gasteiger partial charge in [-0.15, -0.1) is 0 Å². The Balaban J connectivity index is 0.00000180. The summed E-state index contributed by atoms with van der Waals surface area (Å²) in [6.45, 7) is 2.80. The van der Waals surface area contributed by atoms with Crippen LogP contribution in [0, 0.1) is 0 Å². The zero-order chi connectivity index (χ0) is 13.0. The Bertz CT molecular complexity index is 427. The number of hydrogen-bond donors (Lipinski definition) is 0. The topological polar surface area (TPSA) is 61.8 Å². The van der Waals surface area contributed by atoms with Crippen LogP contribution in [0.5, 0.6) is 0 Å². The Kier molecular flexibility index (Phi) is 7.33. The molecule has 0 aromatic heterocycles. The Hall–Kier alpha value is -0.128. The first-order valence-corrected chi connectivity index (χ1v) is 6.85. The van der Waals surface area contributed by atoms with Gasteiger partial charge in [0.15, 0.2) is 0 Å². The molecule has 1 heterocycles. The second-order valence-electron chi connectivity index (χ2n) is 4.18. The molecule has 1 saturated heterocycles. The Morgan fingerprint density at radius 1 is 1.32 bits per heavy atom. The molecule has 1 unspecified atom stereocenters. The standard InChI is InChI=1S/C11H16BNO4S.Li/c1-13-5-7-16-12(17-8-6-13)10-3-2-4-11(9-10)18(14)15;/h2-4,9H,5-8H2,1H3,(H,14,15);/q;+1/p-1. The number of rotatable bonds is 2. The van der Waals surface area contributed by atoms with Crippen LogP contribution in [0.4, 0.5) is 0 Å². The summed E-state index contributed by atoms with van der Waals surface area (Å²) < 4.78 is 33.0. The van der Waals surface area contributed by atoms with Crippen molar-refractivity contribution in [2.24, 2.45) is 0 Å². The average Bonchev–Trinajstić information content (AvgIpc) is 2.34. The van der Waals surface area contributed by atoms with E-state index in [4.69, 9.17) is 9.31 Å². The second kappa shape index (κ2) is 8.22. The predicted octanol–water partition coefficient (Wildman–Crippen LogP) is -3.40. The molecule has 8 heteroatoms. The summed E-state index contributed by atoms with van der Waals surface area (Å²) in [4.78, 5) is 2.37. The Morgan fingerprint density at radius 3 is 2.53 bits per heavy atom. The third-order valence-electron chi connectivity index (χ3n) is 2.81. The van der Waals surface area contributed by atoms with E-state index in [-0.39, 0.29) is 23.8 Å². The van der Waals surface area contributed by atoms with Gasteiger partial charge >= 0.3 is 26.0 Å². The summed E-state index contributed by atoms with van der Waals surface area (Å²) in [5, 5.41) is 0. The van der Waals surface area contributed by atoms with Gasteiger partial charge in [0.1, 0.15) is 0 Å². The molecule has 19 heavy (non-hydrogen) atoms. The number of benzene rings is 1. The van der Waals surface area contributed by atoms with Crippen molar-refractivity contribution in [1.82, 2.24) is 4.90 Å². The molecule has 1 aromatic carbocycles. The van der Waals surface area contributed by atoms with Crippen LogP contribution in [0.2, 0.25) is 0 Å². The summed E-state index contributed by atoms with van der Waals surface area (Å²) in [6, 6.07) is 6.63. The van der Waals surface area contributed by atoms with E-state index in [0.29, 0.717) is 13.2 Å². The third kappa shape index (κ3) is 5.05. The minimum atomic E-state index is -2.23. The summed E-state index contributed by atoms with van der Waals surface area (Å²) >= 11 is -2.23. The quantitative estimate of drug-likeness (QED) is 0.416. The van der Waals surface area contributed by atoms with Gasteiger partial charge in [-0.05, 0) is 35.7 Å². The van der Waals surface area contributed by atoms with Crippen LogP contribution in [-0.2, 0) is 20.4 Å². The van der Waals surface area contributed by atoms with Crippen LogP contribution < -0.4 is 24.3 Å². The van der Waals surface area contributed by atoms with E-state index in [0.717, 1.165) is 18.6 Å². The van der Waals surface area contributed by atoms with Crippen LogP contribution in [0.3, 0.4) is 0 Å². The smallest absolute Gasteiger partial charge is 0.768 e. The molecule has 1 aromatic rings. The molecule has 5 nitrogen and oxygen atoms in total. The van der Waals surface area contributed by atoms with Crippen molar-refractivity contribution in [1.29, 1.82) is 0 Å². The first-order chi connectivity index (χ1) is 8.66. The van der Waals surface area contributed by atoms with E-state index in [9.17, 15) is 8.76 Å². The predicted molar refractivity (Wildman–Crippen MR) is 68.4 cm³/mol. The van der Waals surface area contributed by atoms with E-state index in [1.54, 1.807) is 18.2 Å². The van der Waals surface area contributed by atoms with E-state index in [1.807, 2.05) is 13.1 Å². The van der Waals surface area contributed by atoms with Crippen molar-refractivity contribution >= 4 is 23.7 Å². The van der Waals surface area contributed by atoms with Crippen molar-refractivity contribution in [3.63, 3.8) is 0 Å². The third-order valence-corrected chi connectivity index (χ3v) is 3.45. The molecule has 0 spiro atoms. The fraction of sp³-hybridized carbons (Fsp3) is 0.455. The summed E-state index contributed by atoms with van der Waals surface area (Å²) in [6.07, 6.45) is 0. The zero-order valence-corrected chi connectivity index (χ0v) is 12.0. The molecule has 1 fully saturated rings. The molecule has 1 aliphatic rings. The van der Waals surface area contributed by atoms with Crippen LogP contribution in [0.1, 0.15) is 0 Å². The minimum absolute atomic E-state index is 0. The molecular formula is C11H15BLiNO4S. The molecule has 1 aliphatic heterocycles. The summed E-state index contributed by atoms with van der Waals surface area (Å²) in [5.74, 6) is 0. The van der Waals surface area contributed by atoms with Crippen molar-refractivity contribution in [2.45, 2.75) is 4.90 Å². The molecular weight excluding hydrogens is 260 g/mol. The monoisotopic (exact) mass is 275 g/mol. The Labute approximate surface area is 128 Å². The van der Waals surface area contributed by atoms with Crippen molar-refractivity contribution in [3.8, 4) is 0 Å². The van der Waals surface area contributed by atoms with Gasteiger partial charge in [0, 0.05) is 31.2 Å². The normalized spacial score (nSPS) is 19.2. The van der Waals surface area contributed by atoms with Crippen LogP contribution in [0.15, 0.2) is 29.2 Å². The van der Waals surface area contributed by atoms with Crippen molar-refractivity contribution < 1.29 is 36.9 Å². The summed E-state index contributed by atoms with van der Waals surface area (Å²) in [7, 11) is 1.52. The molecule has 0 aliphatic carbocycles. The van der Waals surface area contributed by atoms with Crippen molar-refractivity contribution in [2.75, 3.05) is 33.4 Å². The minimum Gasteiger partial charge on any atom is -0.768 e. The number of likely N-dealkylation sites (N-methyl/N-ethyl adjacent to an activating group) is 1. The average molecular weight is 275 g/mol. The molecule has 1 atom stereocenters. The fourth-order valence-electron chi connectivity index (χ4n) is 1.75. The van der Waals surface area contributed by atoms with E-state index in [1.165, 1.54) is 0 Å². The molecule has 0 saturated carbocycles. The van der Waals surface area contributed by atoms with Crippen molar-refractivity contribution in [3.05, 3.63) is 24.3 Å². The van der Waals surface area contributed by atoms with Gasteiger partial charge in [-0.3, -0.25) is 4.21 Å². The molecule has 0 radical (unpaired) electrons. The van der Waals surface area contributed by atoms with E-state index < -0.39 is 18.2 Å². The van der Waals surface area contributed by atoms with Gasteiger partial charge in [0.25, 0.3) is 0 Å². The van der Waals surface area contributed by atoms with E-state index >= 15 is 0 Å². The van der Waals surface area contributed by atoms with E-state index in [2.05, 4.69) is 4.90 Å². The largest absolute Gasteiger partial charge is 1.00 e. The SMILES string of the molecule is CN1CCOB(c2cccc(S(=O)[O-])c2)OCC1.[Li+]. The van der Waals surface area contributed by atoms with Crippen LogP contribution in [-0.4, -0.2) is 54.1 Å². The maximum atomic E-state index is 10.9. The van der Waals surface area contributed by atoms with Gasteiger partial charge in [0.2, 0.25) is 0 Å². The molecule has 0 N–H and O–H groups in total. The van der Waals surface area contributed by atoms with Gasteiger partial charge in [-0.2, -0.15) is 0 Å². The zero-order valence-electron chi connectivity index (χ0n) is 11.2. The molecule has 2 rings (SSSR count). The molecule has 98 valence electrons. The Morgan fingerprint density at radius 2 is 1.95 bits per heavy atom.